The standard InChI is InChI=1S/C12H13ClN2O3S/c13-8-5-7(1-2-9(8)14)11(16)15-3-4-19-6-10(15)12(17)18/h1-2,5,10H,3-4,6,14H2,(H,17,18). The number of nitrogens with zero attached hydrogens (tertiary/aromatic N) is 1. The van der Waals surface area contributed by atoms with Crippen LogP contribution in [0, 0.1) is 0 Å². The molecule has 1 aliphatic rings. The Bertz CT molecular complexity index is 524. The second-order valence-electron chi connectivity index (χ2n) is 4.16. The molecule has 0 saturated carbocycles. The van der Waals surface area contributed by atoms with Gasteiger partial charge in [0.1, 0.15) is 6.04 Å². The number of rotatable bonds is 2. The summed E-state index contributed by atoms with van der Waals surface area (Å²) in [6.07, 6.45) is 0. The van der Waals surface area contributed by atoms with Crippen LogP contribution in [-0.4, -0.2) is 46.0 Å². The van der Waals surface area contributed by atoms with Crippen molar-refractivity contribution < 1.29 is 14.7 Å². The Morgan fingerprint density at radius 3 is 2.84 bits per heavy atom. The lowest BCUT2D eigenvalue weighted by atomic mass is 10.1. The highest BCUT2D eigenvalue weighted by molar-refractivity contribution is 7.99. The van der Waals surface area contributed by atoms with Crippen molar-refractivity contribution >= 4 is 40.9 Å². The van der Waals surface area contributed by atoms with Crippen molar-refractivity contribution in [1.29, 1.82) is 0 Å². The summed E-state index contributed by atoms with van der Waals surface area (Å²) in [6, 6.07) is 3.79. The number of nitrogens with two attached hydrogens (primary N) is 1. The molecule has 1 amide bonds. The van der Waals surface area contributed by atoms with Gasteiger partial charge in [0.25, 0.3) is 5.91 Å². The predicted molar refractivity (Wildman–Crippen MR) is 75.6 cm³/mol. The number of amides is 1. The summed E-state index contributed by atoms with van der Waals surface area (Å²) in [5, 5.41) is 9.45. The Hall–Kier alpha value is -1.40. The lowest BCUT2D eigenvalue weighted by molar-refractivity contribution is -0.141. The van der Waals surface area contributed by atoms with Crippen molar-refractivity contribution in [3.63, 3.8) is 0 Å². The molecule has 0 radical (unpaired) electrons. The molecule has 1 aliphatic heterocycles. The summed E-state index contributed by atoms with van der Waals surface area (Å²) < 4.78 is 0. The van der Waals surface area contributed by atoms with Gasteiger partial charge in [0.05, 0.1) is 10.7 Å². The fourth-order valence-corrected chi connectivity index (χ4v) is 3.10. The molecule has 0 spiro atoms. The van der Waals surface area contributed by atoms with Crippen LogP contribution in [-0.2, 0) is 4.79 Å². The first-order valence-electron chi connectivity index (χ1n) is 5.67. The van der Waals surface area contributed by atoms with Crippen LogP contribution in [0.1, 0.15) is 10.4 Å². The van der Waals surface area contributed by atoms with Gasteiger partial charge in [-0.1, -0.05) is 11.6 Å². The highest BCUT2D eigenvalue weighted by Gasteiger charge is 2.32. The number of halogens is 1. The van der Waals surface area contributed by atoms with Gasteiger partial charge in [0.2, 0.25) is 0 Å². The molecule has 7 heteroatoms. The molecule has 3 N–H and O–H groups in total. The minimum Gasteiger partial charge on any atom is -0.480 e. The Morgan fingerprint density at radius 2 is 2.21 bits per heavy atom. The van der Waals surface area contributed by atoms with Gasteiger partial charge in [-0.25, -0.2) is 4.79 Å². The average molecular weight is 301 g/mol. The molecule has 2 rings (SSSR count). The number of aliphatic carboxylic acids is 1. The third-order valence-electron chi connectivity index (χ3n) is 2.92. The molecule has 1 atom stereocenters. The maximum Gasteiger partial charge on any atom is 0.327 e. The van der Waals surface area contributed by atoms with E-state index in [4.69, 9.17) is 22.4 Å². The van der Waals surface area contributed by atoms with Crippen LogP contribution in [0.2, 0.25) is 5.02 Å². The van der Waals surface area contributed by atoms with Crippen molar-refractivity contribution in [1.82, 2.24) is 4.90 Å². The predicted octanol–water partition coefficient (Wildman–Crippen LogP) is 1.56. The molecular weight excluding hydrogens is 288 g/mol. The van der Waals surface area contributed by atoms with Crippen LogP contribution < -0.4 is 5.73 Å². The quantitative estimate of drug-likeness (QED) is 0.810. The van der Waals surface area contributed by atoms with Gasteiger partial charge in [-0.05, 0) is 18.2 Å². The Labute approximate surface area is 119 Å². The van der Waals surface area contributed by atoms with E-state index in [9.17, 15) is 9.59 Å². The molecule has 102 valence electrons. The summed E-state index contributed by atoms with van der Waals surface area (Å²) in [4.78, 5) is 24.9. The maximum atomic E-state index is 12.3. The first-order valence-corrected chi connectivity index (χ1v) is 7.20. The number of hydrogen-bond donors (Lipinski definition) is 2. The van der Waals surface area contributed by atoms with Crippen molar-refractivity contribution in [3.8, 4) is 0 Å². The molecule has 1 unspecified atom stereocenters. The van der Waals surface area contributed by atoms with Gasteiger partial charge < -0.3 is 15.7 Å². The maximum absolute atomic E-state index is 12.3. The average Bonchev–Trinajstić information content (AvgIpc) is 2.41. The van der Waals surface area contributed by atoms with E-state index in [-0.39, 0.29) is 5.91 Å². The van der Waals surface area contributed by atoms with Gasteiger partial charge in [-0.2, -0.15) is 11.8 Å². The third kappa shape index (κ3) is 2.96. The van der Waals surface area contributed by atoms with Gasteiger partial charge in [-0.3, -0.25) is 4.79 Å². The first-order chi connectivity index (χ1) is 9.00. The van der Waals surface area contributed by atoms with E-state index in [1.807, 2.05) is 0 Å². The minimum absolute atomic E-state index is 0.295. The molecule has 1 aromatic carbocycles. The molecule has 1 aromatic rings. The van der Waals surface area contributed by atoms with Gasteiger partial charge in [-0.15, -0.1) is 0 Å². The first kappa shape index (κ1) is 14.0. The summed E-state index contributed by atoms with van der Waals surface area (Å²) in [5.41, 5.74) is 6.34. The van der Waals surface area contributed by atoms with Gasteiger partial charge >= 0.3 is 5.97 Å². The number of carboxylic acid groups (broad SMARTS) is 1. The van der Waals surface area contributed by atoms with Crippen molar-refractivity contribution in [2.24, 2.45) is 0 Å². The monoisotopic (exact) mass is 300 g/mol. The number of thioether (sulfide) groups is 1. The Morgan fingerprint density at radius 1 is 1.47 bits per heavy atom. The zero-order valence-corrected chi connectivity index (χ0v) is 11.6. The van der Waals surface area contributed by atoms with E-state index in [2.05, 4.69) is 0 Å². The number of nitrogen functional groups attached to an aromatic ring is 1. The molecular formula is C12H13ClN2O3S. The molecule has 1 fully saturated rings. The van der Waals surface area contributed by atoms with Gasteiger partial charge in [0.15, 0.2) is 0 Å². The molecule has 0 aromatic heterocycles. The lowest BCUT2D eigenvalue weighted by Gasteiger charge is -2.32. The van der Waals surface area contributed by atoms with Crippen LogP contribution in [0.15, 0.2) is 18.2 Å². The van der Waals surface area contributed by atoms with Crippen molar-refractivity contribution in [3.05, 3.63) is 28.8 Å². The van der Waals surface area contributed by atoms with Crippen LogP contribution in [0.4, 0.5) is 5.69 Å². The number of carbonyl (C=O) groups is 2. The van der Waals surface area contributed by atoms with E-state index in [0.717, 1.165) is 5.75 Å². The van der Waals surface area contributed by atoms with Crippen molar-refractivity contribution in [2.75, 3.05) is 23.8 Å². The minimum atomic E-state index is -0.984. The topological polar surface area (TPSA) is 83.6 Å². The molecule has 1 saturated heterocycles. The highest BCUT2D eigenvalue weighted by Crippen LogP contribution is 2.23. The summed E-state index contributed by atoms with van der Waals surface area (Å²) in [7, 11) is 0. The van der Waals surface area contributed by atoms with E-state index in [0.29, 0.717) is 28.6 Å². The zero-order chi connectivity index (χ0) is 14.0. The van der Waals surface area contributed by atoms with Crippen molar-refractivity contribution in [2.45, 2.75) is 6.04 Å². The lowest BCUT2D eigenvalue weighted by Crippen LogP contribution is -2.50. The van der Waals surface area contributed by atoms with Crippen LogP contribution in [0.3, 0.4) is 0 Å². The summed E-state index contributed by atoms with van der Waals surface area (Å²) in [5.74, 6) is -0.168. The Kier molecular flexibility index (Phi) is 4.21. The van der Waals surface area contributed by atoms with E-state index < -0.39 is 12.0 Å². The largest absolute Gasteiger partial charge is 0.480 e. The second kappa shape index (κ2) is 5.71. The third-order valence-corrected chi connectivity index (χ3v) is 4.27. The molecule has 19 heavy (non-hydrogen) atoms. The fraction of sp³-hybridized carbons (Fsp3) is 0.333. The van der Waals surface area contributed by atoms with Gasteiger partial charge in [0, 0.05) is 23.6 Å². The summed E-state index contributed by atoms with van der Waals surface area (Å²) in [6.45, 7) is 0.419. The second-order valence-corrected chi connectivity index (χ2v) is 5.72. The molecule has 0 aliphatic carbocycles. The van der Waals surface area contributed by atoms with Crippen LogP contribution in [0.5, 0.6) is 0 Å². The van der Waals surface area contributed by atoms with E-state index in [1.54, 1.807) is 12.1 Å². The number of carbonyl (C=O) groups excluding carboxylic acids is 1. The molecule has 0 bridgehead atoms. The number of anilines is 1. The normalized spacial score (nSPS) is 19.2. The molecule has 1 heterocycles. The number of benzene rings is 1. The number of hydrogen-bond acceptors (Lipinski definition) is 4. The molecule has 5 nitrogen and oxygen atoms in total. The van der Waals surface area contributed by atoms with E-state index in [1.165, 1.54) is 22.7 Å². The van der Waals surface area contributed by atoms with E-state index >= 15 is 0 Å². The highest BCUT2D eigenvalue weighted by atomic mass is 35.5. The summed E-state index contributed by atoms with van der Waals surface area (Å²) >= 11 is 7.41. The fourth-order valence-electron chi connectivity index (χ4n) is 1.88. The van der Waals surface area contributed by atoms with Crippen LogP contribution >= 0.6 is 23.4 Å². The SMILES string of the molecule is Nc1ccc(C(=O)N2CCSCC2C(=O)O)cc1Cl. The Balaban J connectivity index is 2.26. The zero-order valence-electron chi connectivity index (χ0n) is 10.0. The van der Waals surface area contributed by atoms with Crippen LogP contribution in [0.25, 0.3) is 0 Å². The smallest absolute Gasteiger partial charge is 0.327 e. The number of carboxylic acids is 1.